The smallest absolute Gasteiger partial charge is 0.257 e. The molecule has 0 aromatic heterocycles. The van der Waals surface area contributed by atoms with Crippen molar-refractivity contribution < 1.29 is 9.53 Å². The molecule has 114 valence electrons. The van der Waals surface area contributed by atoms with Crippen LogP contribution in [0.15, 0.2) is 48.5 Å². The van der Waals surface area contributed by atoms with Gasteiger partial charge in [0.2, 0.25) is 0 Å². The molecule has 1 amide bonds. The van der Waals surface area contributed by atoms with E-state index in [1.54, 1.807) is 7.11 Å². The van der Waals surface area contributed by atoms with Crippen LogP contribution in [0.5, 0.6) is 5.75 Å². The summed E-state index contributed by atoms with van der Waals surface area (Å²) < 4.78 is 5.40. The van der Waals surface area contributed by atoms with Gasteiger partial charge < -0.3 is 9.64 Å². The van der Waals surface area contributed by atoms with Crippen molar-refractivity contribution in [3.8, 4) is 16.9 Å². The maximum Gasteiger partial charge on any atom is 0.257 e. The molecule has 0 saturated carbocycles. The van der Waals surface area contributed by atoms with E-state index in [0.29, 0.717) is 11.3 Å². The van der Waals surface area contributed by atoms with E-state index in [9.17, 15) is 4.79 Å². The molecule has 1 saturated heterocycles. The number of amides is 1. The molecule has 0 radical (unpaired) electrons. The zero-order chi connectivity index (χ0) is 15.4. The lowest BCUT2D eigenvalue weighted by molar-refractivity contribution is 0.0721. The minimum absolute atomic E-state index is 0.0781. The Bertz CT molecular complexity index is 646. The average Bonchev–Trinajstić information content (AvgIpc) is 2.62. The number of ether oxygens (including phenoxy) is 1. The molecule has 1 fully saturated rings. The third kappa shape index (κ3) is 2.98. The molecule has 22 heavy (non-hydrogen) atoms. The second kappa shape index (κ2) is 6.65. The van der Waals surface area contributed by atoms with Crippen LogP contribution in [0.3, 0.4) is 0 Å². The summed E-state index contributed by atoms with van der Waals surface area (Å²) in [6.45, 7) is 1.69. The third-order valence-corrected chi connectivity index (χ3v) is 4.18. The maximum absolute atomic E-state index is 12.8. The number of hydrogen-bond acceptors (Lipinski definition) is 2. The Hall–Kier alpha value is -2.29. The Labute approximate surface area is 131 Å². The van der Waals surface area contributed by atoms with Crippen LogP contribution in [0.4, 0.5) is 0 Å². The number of carbonyl (C=O) groups excluding carboxylic acids is 1. The van der Waals surface area contributed by atoms with Gasteiger partial charge in [0.05, 0.1) is 12.7 Å². The second-order valence-electron chi connectivity index (χ2n) is 5.63. The van der Waals surface area contributed by atoms with E-state index < -0.39 is 0 Å². The SMILES string of the molecule is COc1ccc(-c2ccccc2)cc1C(=O)N1CCCCC1. The molecule has 0 atom stereocenters. The fourth-order valence-electron chi connectivity index (χ4n) is 2.95. The number of piperidine rings is 1. The van der Waals surface area contributed by atoms with E-state index in [1.165, 1.54) is 6.42 Å². The van der Waals surface area contributed by atoms with Gasteiger partial charge in [-0.25, -0.2) is 0 Å². The molecule has 2 aromatic carbocycles. The van der Waals surface area contributed by atoms with E-state index in [2.05, 4.69) is 12.1 Å². The molecule has 1 heterocycles. The first kappa shape index (κ1) is 14.6. The molecule has 0 spiro atoms. The molecule has 0 bridgehead atoms. The van der Waals surface area contributed by atoms with Gasteiger partial charge in [-0.1, -0.05) is 36.4 Å². The Morgan fingerprint density at radius 1 is 0.955 bits per heavy atom. The van der Waals surface area contributed by atoms with Crippen molar-refractivity contribution in [2.75, 3.05) is 20.2 Å². The molecule has 3 heteroatoms. The Morgan fingerprint density at radius 3 is 2.36 bits per heavy atom. The molecule has 3 rings (SSSR count). The summed E-state index contributed by atoms with van der Waals surface area (Å²) in [5.74, 6) is 0.726. The summed E-state index contributed by atoms with van der Waals surface area (Å²) in [7, 11) is 1.62. The summed E-state index contributed by atoms with van der Waals surface area (Å²) in [6, 6.07) is 15.9. The number of hydrogen-bond donors (Lipinski definition) is 0. The van der Waals surface area contributed by atoms with Gasteiger partial charge in [-0.3, -0.25) is 4.79 Å². The van der Waals surface area contributed by atoms with Gasteiger partial charge in [-0.2, -0.15) is 0 Å². The molecular formula is C19H21NO2. The topological polar surface area (TPSA) is 29.5 Å². The van der Waals surface area contributed by atoms with Gasteiger partial charge in [0.1, 0.15) is 5.75 Å². The maximum atomic E-state index is 12.8. The fraction of sp³-hybridized carbons (Fsp3) is 0.316. The lowest BCUT2D eigenvalue weighted by Gasteiger charge is -2.27. The van der Waals surface area contributed by atoms with Gasteiger partial charge in [0.25, 0.3) is 5.91 Å². The average molecular weight is 295 g/mol. The van der Waals surface area contributed by atoms with E-state index in [0.717, 1.165) is 37.1 Å². The van der Waals surface area contributed by atoms with Crippen molar-refractivity contribution in [3.05, 3.63) is 54.1 Å². The van der Waals surface area contributed by atoms with Crippen LogP contribution in [0.2, 0.25) is 0 Å². The van der Waals surface area contributed by atoms with E-state index in [-0.39, 0.29) is 5.91 Å². The van der Waals surface area contributed by atoms with Crippen molar-refractivity contribution >= 4 is 5.91 Å². The highest BCUT2D eigenvalue weighted by molar-refractivity contribution is 5.98. The van der Waals surface area contributed by atoms with Crippen LogP contribution in [0, 0.1) is 0 Å². The highest BCUT2D eigenvalue weighted by Crippen LogP contribution is 2.28. The molecule has 1 aliphatic rings. The molecule has 0 N–H and O–H groups in total. The molecule has 3 nitrogen and oxygen atoms in total. The number of methoxy groups -OCH3 is 1. The zero-order valence-electron chi connectivity index (χ0n) is 12.9. The predicted octanol–water partition coefficient (Wildman–Crippen LogP) is 3.99. The van der Waals surface area contributed by atoms with Gasteiger partial charge in [0.15, 0.2) is 0 Å². The quantitative estimate of drug-likeness (QED) is 0.857. The van der Waals surface area contributed by atoms with Crippen LogP contribution in [-0.4, -0.2) is 31.0 Å². The lowest BCUT2D eigenvalue weighted by Crippen LogP contribution is -2.35. The van der Waals surface area contributed by atoms with Gasteiger partial charge in [0, 0.05) is 13.1 Å². The second-order valence-corrected chi connectivity index (χ2v) is 5.63. The number of rotatable bonds is 3. The standard InChI is InChI=1S/C19H21NO2/c1-22-18-11-10-16(15-8-4-2-5-9-15)14-17(18)19(21)20-12-6-3-7-13-20/h2,4-5,8-11,14H,3,6-7,12-13H2,1H3. The highest BCUT2D eigenvalue weighted by Gasteiger charge is 2.21. The number of benzene rings is 2. The van der Waals surface area contributed by atoms with Crippen molar-refractivity contribution in [3.63, 3.8) is 0 Å². The summed E-state index contributed by atoms with van der Waals surface area (Å²) in [5.41, 5.74) is 2.81. The summed E-state index contributed by atoms with van der Waals surface area (Å²) >= 11 is 0. The lowest BCUT2D eigenvalue weighted by atomic mass is 10.0. The zero-order valence-corrected chi connectivity index (χ0v) is 12.9. The van der Waals surface area contributed by atoms with E-state index in [1.807, 2.05) is 41.3 Å². The largest absolute Gasteiger partial charge is 0.496 e. The summed E-state index contributed by atoms with van der Waals surface area (Å²) in [5, 5.41) is 0. The first-order valence-corrected chi connectivity index (χ1v) is 7.82. The van der Waals surface area contributed by atoms with Crippen LogP contribution < -0.4 is 4.74 Å². The molecule has 0 unspecified atom stereocenters. The predicted molar refractivity (Wildman–Crippen MR) is 88.2 cm³/mol. The monoisotopic (exact) mass is 295 g/mol. The number of carbonyl (C=O) groups is 1. The molecular weight excluding hydrogens is 274 g/mol. The first-order valence-electron chi connectivity index (χ1n) is 7.82. The Kier molecular flexibility index (Phi) is 4.42. The molecule has 0 aliphatic carbocycles. The van der Waals surface area contributed by atoms with Gasteiger partial charge >= 0.3 is 0 Å². The Morgan fingerprint density at radius 2 is 1.68 bits per heavy atom. The van der Waals surface area contributed by atoms with E-state index in [4.69, 9.17) is 4.74 Å². The fourth-order valence-corrected chi connectivity index (χ4v) is 2.95. The van der Waals surface area contributed by atoms with Crippen LogP contribution in [0.25, 0.3) is 11.1 Å². The van der Waals surface area contributed by atoms with Crippen LogP contribution in [0.1, 0.15) is 29.6 Å². The summed E-state index contributed by atoms with van der Waals surface area (Å²) in [4.78, 5) is 14.7. The highest BCUT2D eigenvalue weighted by atomic mass is 16.5. The van der Waals surface area contributed by atoms with Crippen LogP contribution in [-0.2, 0) is 0 Å². The van der Waals surface area contributed by atoms with E-state index >= 15 is 0 Å². The van der Waals surface area contributed by atoms with Crippen molar-refractivity contribution in [2.45, 2.75) is 19.3 Å². The first-order chi connectivity index (χ1) is 10.8. The van der Waals surface area contributed by atoms with Crippen molar-refractivity contribution in [1.82, 2.24) is 4.90 Å². The molecule has 1 aliphatic heterocycles. The minimum atomic E-state index is 0.0781. The summed E-state index contributed by atoms with van der Waals surface area (Å²) in [6.07, 6.45) is 3.39. The Balaban J connectivity index is 1.96. The normalized spacial score (nSPS) is 14.7. The number of likely N-dealkylation sites (tertiary alicyclic amines) is 1. The van der Waals surface area contributed by atoms with Gasteiger partial charge in [-0.15, -0.1) is 0 Å². The van der Waals surface area contributed by atoms with Crippen molar-refractivity contribution in [2.24, 2.45) is 0 Å². The molecule has 2 aromatic rings. The van der Waals surface area contributed by atoms with Gasteiger partial charge in [-0.05, 0) is 42.5 Å². The van der Waals surface area contributed by atoms with Crippen molar-refractivity contribution in [1.29, 1.82) is 0 Å². The minimum Gasteiger partial charge on any atom is -0.496 e. The number of nitrogens with zero attached hydrogens (tertiary/aromatic N) is 1. The van der Waals surface area contributed by atoms with Crippen LogP contribution >= 0.6 is 0 Å². The third-order valence-electron chi connectivity index (χ3n) is 4.18.